The number of carbonyl (C=O) groups is 2. The lowest BCUT2D eigenvalue weighted by molar-refractivity contribution is -0.143. The summed E-state index contributed by atoms with van der Waals surface area (Å²) in [5.41, 5.74) is 1.43. The van der Waals surface area contributed by atoms with Gasteiger partial charge in [-0.05, 0) is 37.5 Å². The van der Waals surface area contributed by atoms with Crippen LogP contribution in [0, 0.1) is 12.8 Å². The second kappa shape index (κ2) is 5.61. The molecule has 1 aliphatic heterocycles. The van der Waals surface area contributed by atoms with Crippen LogP contribution in [-0.4, -0.2) is 35.0 Å². The number of aliphatic carboxylic acids is 1. The molecule has 1 amide bonds. The Morgan fingerprint density at radius 1 is 1.42 bits per heavy atom. The van der Waals surface area contributed by atoms with Gasteiger partial charge in [-0.2, -0.15) is 0 Å². The zero-order chi connectivity index (χ0) is 14.0. The molecule has 1 saturated heterocycles. The van der Waals surface area contributed by atoms with Crippen LogP contribution >= 0.6 is 11.6 Å². The van der Waals surface area contributed by atoms with Gasteiger partial charge in [0.05, 0.1) is 16.5 Å². The topological polar surface area (TPSA) is 57.6 Å². The van der Waals surface area contributed by atoms with E-state index in [0.29, 0.717) is 30.0 Å². The fourth-order valence-electron chi connectivity index (χ4n) is 2.33. The van der Waals surface area contributed by atoms with Crippen LogP contribution in [-0.2, 0) is 4.79 Å². The van der Waals surface area contributed by atoms with Crippen molar-refractivity contribution in [2.45, 2.75) is 19.8 Å². The quantitative estimate of drug-likeness (QED) is 0.906. The van der Waals surface area contributed by atoms with Gasteiger partial charge in [0.25, 0.3) is 5.91 Å². The smallest absolute Gasteiger partial charge is 0.308 e. The number of halogens is 1. The standard InChI is InChI=1S/C14H16ClNO3/c1-9-4-5-11(12(15)7-9)13(17)16-6-2-3-10(8-16)14(18)19/h4-5,7,10H,2-3,6,8H2,1H3,(H,18,19)/t10-/m0/s1. The van der Waals surface area contributed by atoms with Crippen LogP contribution in [0.4, 0.5) is 0 Å². The zero-order valence-corrected chi connectivity index (χ0v) is 11.5. The van der Waals surface area contributed by atoms with Gasteiger partial charge in [0.15, 0.2) is 0 Å². The van der Waals surface area contributed by atoms with E-state index in [1.165, 1.54) is 0 Å². The van der Waals surface area contributed by atoms with Gasteiger partial charge in [-0.25, -0.2) is 0 Å². The van der Waals surface area contributed by atoms with E-state index in [2.05, 4.69) is 0 Å². The third-order valence-electron chi connectivity index (χ3n) is 3.41. The monoisotopic (exact) mass is 281 g/mol. The molecule has 102 valence electrons. The summed E-state index contributed by atoms with van der Waals surface area (Å²) >= 11 is 6.08. The van der Waals surface area contributed by atoms with Gasteiger partial charge in [-0.3, -0.25) is 9.59 Å². The molecule has 1 aliphatic rings. The molecule has 1 atom stereocenters. The van der Waals surface area contributed by atoms with Crippen LogP contribution in [0.1, 0.15) is 28.8 Å². The molecule has 4 nitrogen and oxygen atoms in total. The highest BCUT2D eigenvalue weighted by Gasteiger charge is 2.29. The zero-order valence-electron chi connectivity index (χ0n) is 10.7. The van der Waals surface area contributed by atoms with Crippen LogP contribution < -0.4 is 0 Å². The molecule has 0 radical (unpaired) electrons. The van der Waals surface area contributed by atoms with Gasteiger partial charge >= 0.3 is 5.97 Å². The lowest BCUT2D eigenvalue weighted by Crippen LogP contribution is -2.42. The molecule has 19 heavy (non-hydrogen) atoms. The van der Waals surface area contributed by atoms with Crippen molar-refractivity contribution in [1.82, 2.24) is 4.90 Å². The summed E-state index contributed by atoms with van der Waals surface area (Å²) in [4.78, 5) is 24.9. The molecule has 1 N–H and O–H groups in total. The van der Waals surface area contributed by atoms with E-state index in [1.54, 1.807) is 17.0 Å². The van der Waals surface area contributed by atoms with Gasteiger partial charge in [0.2, 0.25) is 0 Å². The second-order valence-electron chi connectivity index (χ2n) is 4.91. The lowest BCUT2D eigenvalue weighted by Gasteiger charge is -2.31. The third kappa shape index (κ3) is 3.07. The van der Waals surface area contributed by atoms with E-state index in [1.807, 2.05) is 13.0 Å². The number of aryl methyl sites for hydroxylation is 1. The molecule has 1 aromatic rings. The van der Waals surface area contributed by atoms with E-state index in [-0.39, 0.29) is 12.5 Å². The van der Waals surface area contributed by atoms with Gasteiger partial charge in [0, 0.05) is 13.1 Å². The number of rotatable bonds is 2. The molecule has 0 aliphatic carbocycles. The average molecular weight is 282 g/mol. The fourth-order valence-corrected chi connectivity index (χ4v) is 2.64. The van der Waals surface area contributed by atoms with Gasteiger partial charge < -0.3 is 10.0 Å². The van der Waals surface area contributed by atoms with E-state index < -0.39 is 11.9 Å². The summed E-state index contributed by atoms with van der Waals surface area (Å²) in [6.45, 7) is 2.76. The third-order valence-corrected chi connectivity index (χ3v) is 3.73. The van der Waals surface area contributed by atoms with Crippen LogP contribution in [0.25, 0.3) is 0 Å². The first-order valence-corrected chi connectivity index (χ1v) is 6.65. The minimum Gasteiger partial charge on any atom is -0.481 e. The summed E-state index contributed by atoms with van der Waals surface area (Å²) in [6, 6.07) is 5.27. The van der Waals surface area contributed by atoms with Crippen molar-refractivity contribution in [3.05, 3.63) is 34.3 Å². The van der Waals surface area contributed by atoms with Crippen molar-refractivity contribution in [3.63, 3.8) is 0 Å². The molecule has 5 heteroatoms. The molecule has 0 spiro atoms. The number of carboxylic acid groups (broad SMARTS) is 1. The van der Waals surface area contributed by atoms with Crippen molar-refractivity contribution in [2.75, 3.05) is 13.1 Å². The maximum absolute atomic E-state index is 12.3. The predicted octanol–water partition coefficient (Wildman–Crippen LogP) is 2.59. The Hall–Kier alpha value is -1.55. The maximum atomic E-state index is 12.3. The summed E-state index contributed by atoms with van der Waals surface area (Å²) in [6.07, 6.45) is 1.34. The highest BCUT2D eigenvalue weighted by Crippen LogP contribution is 2.23. The van der Waals surface area contributed by atoms with Crippen molar-refractivity contribution < 1.29 is 14.7 Å². The average Bonchev–Trinajstić information content (AvgIpc) is 2.38. The highest BCUT2D eigenvalue weighted by molar-refractivity contribution is 6.33. The van der Waals surface area contributed by atoms with Gasteiger partial charge in [-0.1, -0.05) is 17.7 Å². The maximum Gasteiger partial charge on any atom is 0.308 e. The Balaban J connectivity index is 2.17. The van der Waals surface area contributed by atoms with Crippen molar-refractivity contribution in [2.24, 2.45) is 5.92 Å². The Morgan fingerprint density at radius 2 is 2.16 bits per heavy atom. The number of benzene rings is 1. The van der Waals surface area contributed by atoms with Crippen molar-refractivity contribution in [1.29, 1.82) is 0 Å². The Morgan fingerprint density at radius 3 is 2.79 bits per heavy atom. The number of amides is 1. The van der Waals surface area contributed by atoms with E-state index >= 15 is 0 Å². The molecule has 0 unspecified atom stereocenters. The number of likely N-dealkylation sites (tertiary alicyclic amines) is 1. The summed E-state index contributed by atoms with van der Waals surface area (Å²) in [5, 5.41) is 9.45. The van der Waals surface area contributed by atoms with Crippen LogP contribution in [0.5, 0.6) is 0 Å². The molecule has 1 fully saturated rings. The summed E-state index contributed by atoms with van der Waals surface area (Å²) in [7, 11) is 0. The first-order chi connectivity index (χ1) is 8.99. The Kier molecular flexibility index (Phi) is 4.10. The van der Waals surface area contributed by atoms with Gasteiger partial charge in [-0.15, -0.1) is 0 Å². The van der Waals surface area contributed by atoms with Crippen molar-refractivity contribution in [3.8, 4) is 0 Å². The minimum atomic E-state index is -0.840. The molecular formula is C14H16ClNO3. The lowest BCUT2D eigenvalue weighted by atomic mass is 9.97. The summed E-state index contributed by atoms with van der Waals surface area (Å²) in [5.74, 6) is -1.50. The minimum absolute atomic E-state index is 0.184. The summed E-state index contributed by atoms with van der Waals surface area (Å²) < 4.78 is 0. The molecule has 0 saturated carbocycles. The van der Waals surface area contributed by atoms with Gasteiger partial charge in [0.1, 0.15) is 0 Å². The largest absolute Gasteiger partial charge is 0.481 e. The molecular weight excluding hydrogens is 266 g/mol. The first-order valence-electron chi connectivity index (χ1n) is 6.27. The number of nitrogens with zero attached hydrogens (tertiary/aromatic N) is 1. The predicted molar refractivity (Wildman–Crippen MR) is 72.5 cm³/mol. The van der Waals surface area contributed by atoms with Crippen LogP contribution in [0.15, 0.2) is 18.2 Å². The molecule has 1 aromatic carbocycles. The molecule has 2 rings (SSSR count). The van der Waals surface area contributed by atoms with Crippen LogP contribution in [0.3, 0.4) is 0 Å². The fraction of sp³-hybridized carbons (Fsp3) is 0.429. The number of piperidine rings is 1. The second-order valence-corrected chi connectivity index (χ2v) is 5.32. The highest BCUT2D eigenvalue weighted by atomic mass is 35.5. The normalized spacial score (nSPS) is 19.3. The van der Waals surface area contributed by atoms with E-state index in [9.17, 15) is 9.59 Å². The molecule has 0 bridgehead atoms. The number of hydrogen-bond acceptors (Lipinski definition) is 2. The van der Waals surface area contributed by atoms with E-state index in [0.717, 1.165) is 5.56 Å². The Bertz CT molecular complexity index is 515. The SMILES string of the molecule is Cc1ccc(C(=O)N2CCC[C@H](C(=O)O)C2)c(Cl)c1. The van der Waals surface area contributed by atoms with E-state index in [4.69, 9.17) is 16.7 Å². The first kappa shape index (κ1) is 13.9. The number of carbonyl (C=O) groups excluding carboxylic acids is 1. The Labute approximate surface area is 117 Å². The van der Waals surface area contributed by atoms with Crippen molar-refractivity contribution >= 4 is 23.5 Å². The number of carboxylic acids is 1. The van der Waals surface area contributed by atoms with Crippen LogP contribution in [0.2, 0.25) is 5.02 Å². The molecule has 0 aromatic heterocycles. The molecule has 1 heterocycles. The number of hydrogen-bond donors (Lipinski definition) is 1.